The van der Waals surface area contributed by atoms with Crippen LogP contribution in [0.3, 0.4) is 0 Å². The summed E-state index contributed by atoms with van der Waals surface area (Å²) in [5.74, 6) is 0.819. The average Bonchev–Trinajstić information content (AvgIpc) is 2.60. The molecule has 0 fully saturated rings. The number of rotatable bonds is 2. The first-order valence-corrected chi connectivity index (χ1v) is 4.39. The minimum atomic E-state index is 0.0597. The number of para-hydroxylation sites is 1. The zero-order chi connectivity index (χ0) is 10.1. The van der Waals surface area contributed by atoms with Gasteiger partial charge >= 0.3 is 0 Å². The molecule has 3 heteroatoms. The van der Waals surface area contributed by atoms with E-state index >= 15 is 0 Å². The van der Waals surface area contributed by atoms with Crippen LogP contribution in [0.25, 0.3) is 10.9 Å². The zero-order valence-corrected chi connectivity index (χ0v) is 8.13. The van der Waals surface area contributed by atoms with Crippen molar-refractivity contribution in [1.82, 2.24) is 4.98 Å². The molecule has 0 saturated heterocycles. The number of hydrogen-bond acceptors (Lipinski definition) is 2. The molecule has 0 saturated carbocycles. The number of methoxy groups -OCH3 is 1. The molecule has 0 amide bonds. The van der Waals surface area contributed by atoms with Gasteiger partial charge in [-0.2, -0.15) is 0 Å². The third kappa shape index (κ3) is 1.18. The summed E-state index contributed by atoms with van der Waals surface area (Å²) in [6.45, 7) is 1.56. The first-order valence-electron chi connectivity index (χ1n) is 4.39. The van der Waals surface area contributed by atoms with Crippen molar-refractivity contribution >= 4 is 16.7 Å². The van der Waals surface area contributed by atoms with Gasteiger partial charge in [-0.1, -0.05) is 12.1 Å². The van der Waals surface area contributed by atoms with E-state index in [9.17, 15) is 4.79 Å². The largest absolute Gasteiger partial charge is 0.495 e. The summed E-state index contributed by atoms with van der Waals surface area (Å²) in [4.78, 5) is 14.3. The molecule has 14 heavy (non-hydrogen) atoms. The molecular formula is C11H11NO2. The predicted molar refractivity (Wildman–Crippen MR) is 54.9 cm³/mol. The van der Waals surface area contributed by atoms with Gasteiger partial charge in [-0.3, -0.25) is 4.79 Å². The van der Waals surface area contributed by atoms with Crippen molar-refractivity contribution in [2.45, 2.75) is 6.92 Å². The number of benzene rings is 1. The van der Waals surface area contributed by atoms with E-state index in [0.717, 1.165) is 16.7 Å². The van der Waals surface area contributed by atoms with Crippen molar-refractivity contribution in [3.63, 3.8) is 0 Å². The molecule has 0 radical (unpaired) electrons. The van der Waals surface area contributed by atoms with E-state index in [0.29, 0.717) is 5.56 Å². The number of carbonyl (C=O) groups is 1. The maximum absolute atomic E-state index is 11.3. The molecule has 0 aliphatic carbocycles. The van der Waals surface area contributed by atoms with Crippen LogP contribution in [0, 0.1) is 0 Å². The van der Waals surface area contributed by atoms with E-state index in [1.54, 1.807) is 20.2 Å². The quantitative estimate of drug-likeness (QED) is 0.737. The smallest absolute Gasteiger partial charge is 0.161 e. The number of ether oxygens (including phenoxy) is 1. The first-order chi connectivity index (χ1) is 6.74. The lowest BCUT2D eigenvalue weighted by molar-refractivity contribution is 0.101. The summed E-state index contributed by atoms with van der Waals surface area (Å²) in [6.07, 6.45) is 1.72. The third-order valence-electron chi connectivity index (χ3n) is 2.28. The molecule has 3 nitrogen and oxygen atoms in total. The van der Waals surface area contributed by atoms with Gasteiger partial charge in [0.05, 0.1) is 12.6 Å². The first kappa shape index (κ1) is 8.81. The number of aromatic amines is 1. The second kappa shape index (κ2) is 3.18. The van der Waals surface area contributed by atoms with Gasteiger partial charge in [0.2, 0.25) is 0 Å². The highest BCUT2D eigenvalue weighted by Crippen LogP contribution is 2.26. The van der Waals surface area contributed by atoms with E-state index in [2.05, 4.69) is 4.98 Å². The molecule has 72 valence electrons. The average molecular weight is 189 g/mol. The molecule has 1 aromatic heterocycles. The Balaban J connectivity index is 2.75. The van der Waals surface area contributed by atoms with Crippen LogP contribution in [0.5, 0.6) is 5.75 Å². The van der Waals surface area contributed by atoms with Crippen molar-refractivity contribution in [2.24, 2.45) is 0 Å². The number of nitrogens with one attached hydrogen (secondary N) is 1. The lowest BCUT2D eigenvalue weighted by Crippen LogP contribution is -1.89. The molecule has 0 aliphatic heterocycles. The molecule has 2 aromatic rings. The van der Waals surface area contributed by atoms with Gasteiger partial charge in [0.15, 0.2) is 5.78 Å². The Labute approximate surface area is 81.7 Å². The number of hydrogen-bond donors (Lipinski definition) is 1. The number of H-pyrrole nitrogens is 1. The van der Waals surface area contributed by atoms with Gasteiger partial charge < -0.3 is 9.72 Å². The third-order valence-corrected chi connectivity index (χ3v) is 2.28. The van der Waals surface area contributed by atoms with E-state index in [1.807, 2.05) is 18.2 Å². The van der Waals surface area contributed by atoms with Crippen LogP contribution in [-0.2, 0) is 0 Å². The summed E-state index contributed by atoms with van der Waals surface area (Å²) >= 11 is 0. The fraction of sp³-hybridized carbons (Fsp3) is 0.182. The zero-order valence-electron chi connectivity index (χ0n) is 8.13. The summed E-state index contributed by atoms with van der Waals surface area (Å²) in [5.41, 5.74) is 1.58. The SMILES string of the molecule is COc1cccc2c(C(C)=O)c[nH]c12. The lowest BCUT2D eigenvalue weighted by Gasteiger charge is -2.00. The Kier molecular flexibility index (Phi) is 2.00. The van der Waals surface area contributed by atoms with Gasteiger partial charge in [-0.15, -0.1) is 0 Å². The molecule has 2 rings (SSSR count). The molecule has 0 bridgehead atoms. The molecule has 1 aromatic carbocycles. The number of Topliss-reactive ketones (excluding diaryl/α,β-unsaturated/α-hetero) is 1. The Morgan fingerprint density at radius 3 is 2.86 bits per heavy atom. The summed E-state index contributed by atoms with van der Waals surface area (Å²) in [7, 11) is 1.61. The Hall–Kier alpha value is -1.77. The molecule has 1 N–H and O–H groups in total. The summed E-state index contributed by atoms with van der Waals surface area (Å²) < 4.78 is 5.18. The van der Waals surface area contributed by atoms with E-state index < -0.39 is 0 Å². The second-order valence-corrected chi connectivity index (χ2v) is 3.14. The van der Waals surface area contributed by atoms with Crippen molar-refractivity contribution in [3.8, 4) is 5.75 Å². The van der Waals surface area contributed by atoms with Crippen LogP contribution in [0.15, 0.2) is 24.4 Å². The van der Waals surface area contributed by atoms with Crippen LogP contribution in [-0.4, -0.2) is 17.9 Å². The Morgan fingerprint density at radius 2 is 2.21 bits per heavy atom. The number of carbonyl (C=O) groups excluding carboxylic acids is 1. The van der Waals surface area contributed by atoms with Crippen LogP contribution < -0.4 is 4.74 Å². The number of ketones is 1. The molecule has 0 spiro atoms. The molecule has 0 unspecified atom stereocenters. The predicted octanol–water partition coefficient (Wildman–Crippen LogP) is 2.38. The number of fused-ring (bicyclic) bond motifs is 1. The topological polar surface area (TPSA) is 42.1 Å². The fourth-order valence-electron chi connectivity index (χ4n) is 1.59. The summed E-state index contributed by atoms with van der Waals surface area (Å²) in [6, 6.07) is 5.65. The lowest BCUT2D eigenvalue weighted by atomic mass is 10.1. The monoisotopic (exact) mass is 189 g/mol. The van der Waals surface area contributed by atoms with Gasteiger partial charge in [-0.25, -0.2) is 0 Å². The van der Waals surface area contributed by atoms with Gasteiger partial charge in [0, 0.05) is 17.1 Å². The van der Waals surface area contributed by atoms with Gasteiger partial charge in [0.1, 0.15) is 5.75 Å². The van der Waals surface area contributed by atoms with Crippen molar-refractivity contribution in [1.29, 1.82) is 0 Å². The van der Waals surface area contributed by atoms with Crippen LogP contribution in [0.2, 0.25) is 0 Å². The van der Waals surface area contributed by atoms with E-state index in [4.69, 9.17) is 4.74 Å². The normalized spacial score (nSPS) is 10.4. The summed E-state index contributed by atoms with van der Waals surface area (Å²) in [5, 5.41) is 0.914. The minimum Gasteiger partial charge on any atom is -0.495 e. The van der Waals surface area contributed by atoms with E-state index in [-0.39, 0.29) is 5.78 Å². The van der Waals surface area contributed by atoms with Crippen LogP contribution >= 0.6 is 0 Å². The standard InChI is InChI=1S/C11H11NO2/c1-7(13)9-6-12-11-8(9)4-3-5-10(11)14-2/h3-6,12H,1-2H3. The highest BCUT2D eigenvalue weighted by Gasteiger charge is 2.09. The molecule has 1 heterocycles. The highest BCUT2D eigenvalue weighted by atomic mass is 16.5. The van der Waals surface area contributed by atoms with Gasteiger partial charge in [0.25, 0.3) is 0 Å². The molecular weight excluding hydrogens is 178 g/mol. The molecule has 0 aliphatic rings. The van der Waals surface area contributed by atoms with Crippen LogP contribution in [0.4, 0.5) is 0 Å². The maximum atomic E-state index is 11.3. The van der Waals surface area contributed by atoms with Crippen molar-refractivity contribution < 1.29 is 9.53 Å². The van der Waals surface area contributed by atoms with Crippen molar-refractivity contribution in [3.05, 3.63) is 30.0 Å². The maximum Gasteiger partial charge on any atom is 0.161 e. The Bertz CT molecular complexity index is 485. The van der Waals surface area contributed by atoms with Crippen LogP contribution in [0.1, 0.15) is 17.3 Å². The Morgan fingerprint density at radius 1 is 1.43 bits per heavy atom. The van der Waals surface area contributed by atoms with Crippen molar-refractivity contribution in [2.75, 3.05) is 7.11 Å². The van der Waals surface area contributed by atoms with E-state index in [1.165, 1.54) is 0 Å². The molecule has 0 atom stereocenters. The minimum absolute atomic E-state index is 0.0597. The highest BCUT2D eigenvalue weighted by molar-refractivity contribution is 6.07. The fourth-order valence-corrected chi connectivity index (χ4v) is 1.59. The number of aromatic nitrogens is 1. The second-order valence-electron chi connectivity index (χ2n) is 3.14. The van der Waals surface area contributed by atoms with Gasteiger partial charge in [-0.05, 0) is 13.0 Å².